The predicted octanol–water partition coefficient (Wildman–Crippen LogP) is 5.06. The van der Waals surface area contributed by atoms with Crippen molar-refractivity contribution in [3.05, 3.63) is 0 Å². The van der Waals surface area contributed by atoms with Crippen molar-refractivity contribution in [1.29, 1.82) is 0 Å². The summed E-state index contributed by atoms with van der Waals surface area (Å²) in [6.45, 7) is 2.24. The number of halogens is 1. The van der Waals surface area contributed by atoms with Crippen LogP contribution in [0.15, 0.2) is 0 Å². The maximum Gasteiger partial charge on any atom is 0.261 e. The molecule has 0 aliphatic rings. The van der Waals surface area contributed by atoms with Gasteiger partial charge in [-0.05, 0) is 6.42 Å². The number of amides is 1. The molecule has 18 heavy (non-hydrogen) atoms. The molecule has 0 fully saturated rings. The Bertz CT molecular complexity index is 198. The summed E-state index contributed by atoms with van der Waals surface area (Å²) in [5.74, 6) is -0.410. The van der Waals surface area contributed by atoms with Crippen LogP contribution in [0.25, 0.3) is 0 Å². The first-order valence-electron chi connectivity index (χ1n) is 7.36. The summed E-state index contributed by atoms with van der Waals surface area (Å²) < 4.78 is 0.163. The molecule has 0 atom stereocenters. The first-order chi connectivity index (χ1) is 8.68. The van der Waals surface area contributed by atoms with Gasteiger partial charge in [-0.1, -0.05) is 71.1 Å². The molecule has 0 aliphatic heterocycles. The lowest BCUT2D eigenvalue weighted by Crippen LogP contribution is -2.16. The highest BCUT2D eigenvalue weighted by molar-refractivity contribution is 6.19. The summed E-state index contributed by atoms with van der Waals surface area (Å²) in [7, 11) is 0. The first kappa shape index (κ1) is 17.7. The number of hydrogen-bond donors (Lipinski definition) is 1. The molecule has 0 radical (unpaired) electrons. The molecule has 0 aromatic heterocycles. The smallest absolute Gasteiger partial charge is 0.261 e. The van der Waals surface area contributed by atoms with Crippen molar-refractivity contribution < 1.29 is 10.0 Å². The van der Waals surface area contributed by atoms with Crippen LogP contribution in [0.3, 0.4) is 0 Å². The van der Waals surface area contributed by atoms with Crippen LogP contribution < -0.4 is 0 Å². The zero-order valence-electron chi connectivity index (χ0n) is 11.7. The van der Waals surface area contributed by atoms with Crippen molar-refractivity contribution in [3.8, 4) is 0 Å². The molecular weight excluding hydrogens is 250 g/mol. The number of hydroxylamine groups is 1. The van der Waals surface area contributed by atoms with E-state index in [1.165, 1.54) is 57.8 Å². The molecule has 4 heteroatoms. The summed E-state index contributed by atoms with van der Waals surface area (Å²) >= 11 is 5.10. The summed E-state index contributed by atoms with van der Waals surface area (Å²) in [5, 5.41) is 8.63. The number of hydrogen-bond acceptors (Lipinski definition) is 2. The third kappa shape index (κ3) is 12.2. The molecule has 0 aromatic rings. The van der Waals surface area contributed by atoms with E-state index in [9.17, 15) is 4.79 Å². The van der Waals surface area contributed by atoms with Crippen LogP contribution in [0.2, 0.25) is 0 Å². The van der Waals surface area contributed by atoms with Crippen molar-refractivity contribution in [1.82, 2.24) is 4.58 Å². The lowest BCUT2D eigenvalue weighted by Gasteiger charge is -2.04. The Hall–Kier alpha value is -0.280. The molecule has 3 nitrogen and oxygen atoms in total. The fourth-order valence-electron chi connectivity index (χ4n) is 2.03. The van der Waals surface area contributed by atoms with Crippen LogP contribution in [-0.2, 0) is 4.79 Å². The standard InChI is InChI=1S/C14H28ClNO2/c1-2-3-4-5-6-7-8-9-10-11-12-13-14(17)16(15)18/h18H,2-13H2,1H3. The molecule has 0 saturated carbocycles. The Balaban J connectivity index is 3.05. The molecule has 0 unspecified atom stereocenters. The highest BCUT2D eigenvalue weighted by atomic mass is 35.5. The molecule has 0 rings (SSSR count). The van der Waals surface area contributed by atoms with E-state index >= 15 is 0 Å². The second kappa shape index (κ2) is 13.2. The third-order valence-corrected chi connectivity index (χ3v) is 3.39. The van der Waals surface area contributed by atoms with Gasteiger partial charge >= 0.3 is 0 Å². The summed E-state index contributed by atoms with van der Waals surface area (Å²) in [6, 6.07) is 0. The minimum Gasteiger partial charge on any atom is -0.271 e. The Morgan fingerprint density at radius 2 is 1.28 bits per heavy atom. The summed E-state index contributed by atoms with van der Waals surface area (Å²) in [4.78, 5) is 10.9. The van der Waals surface area contributed by atoms with E-state index in [0.717, 1.165) is 12.8 Å². The SMILES string of the molecule is CCCCCCCCCCCCCC(=O)N(O)Cl. The monoisotopic (exact) mass is 277 g/mol. The van der Waals surface area contributed by atoms with Crippen LogP contribution in [0.5, 0.6) is 0 Å². The summed E-state index contributed by atoms with van der Waals surface area (Å²) in [5.41, 5.74) is 0. The number of carbonyl (C=O) groups is 1. The second-order valence-electron chi connectivity index (χ2n) is 4.94. The molecule has 0 bridgehead atoms. The van der Waals surface area contributed by atoms with Crippen LogP contribution in [0.1, 0.15) is 84.0 Å². The number of rotatable bonds is 12. The van der Waals surface area contributed by atoms with Gasteiger partial charge in [0.2, 0.25) is 0 Å². The Kier molecular flexibility index (Phi) is 13.0. The highest BCUT2D eigenvalue weighted by Crippen LogP contribution is 2.12. The normalized spacial score (nSPS) is 10.6. The lowest BCUT2D eigenvalue weighted by molar-refractivity contribution is -0.146. The Morgan fingerprint density at radius 3 is 1.67 bits per heavy atom. The first-order valence-corrected chi connectivity index (χ1v) is 7.70. The number of nitrogens with zero attached hydrogens (tertiary/aromatic N) is 1. The van der Waals surface area contributed by atoms with Gasteiger partial charge in [-0.3, -0.25) is 10.0 Å². The predicted molar refractivity (Wildman–Crippen MR) is 75.6 cm³/mol. The van der Waals surface area contributed by atoms with E-state index < -0.39 is 5.91 Å². The van der Waals surface area contributed by atoms with E-state index in [1.54, 1.807) is 0 Å². The van der Waals surface area contributed by atoms with E-state index in [4.69, 9.17) is 17.0 Å². The second-order valence-corrected chi connectivity index (χ2v) is 5.26. The van der Waals surface area contributed by atoms with Crippen molar-refractivity contribution in [2.24, 2.45) is 0 Å². The number of carbonyl (C=O) groups excluding carboxylic acids is 1. The molecular formula is C14H28ClNO2. The maximum atomic E-state index is 10.9. The van der Waals surface area contributed by atoms with E-state index in [1.807, 2.05) is 0 Å². The molecule has 108 valence electrons. The fraction of sp³-hybridized carbons (Fsp3) is 0.929. The van der Waals surface area contributed by atoms with Gasteiger partial charge in [0.15, 0.2) is 0 Å². The fourth-order valence-corrected chi connectivity index (χ4v) is 2.12. The van der Waals surface area contributed by atoms with E-state index in [0.29, 0.717) is 6.42 Å². The van der Waals surface area contributed by atoms with Gasteiger partial charge < -0.3 is 0 Å². The van der Waals surface area contributed by atoms with Gasteiger partial charge in [-0.15, -0.1) is 4.58 Å². The molecule has 0 spiro atoms. The van der Waals surface area contributed by atoms with Gasteiger partial charge in [0.05, 0.1) is 0 Å². The largest absolute Gasteiger partial charge is 0.271 e. The van der Waals surface area contributed by atoms with Gasteiger partial charge in [0, 0.05) is 18.2 Å². The maximum absolute atomic E-state index is 10.9. The molecule has 0 aromatic carbocycles. The minimum absolute atomic E-state index is 0.163. The Labute approximate surface area is 117 Å². The van der Waals surface area contributed by atoms with Crippen LogP contribution in [0.4, 0.5) is 0 Å². The lowest BCUT2D eigenvalue weighted by atomic mass is 10.1. The van der Waals surface area contributed by atoms with Crippen LogP contribution in [-0.4, -0.2) is 15.7 Å². The van der Waals surface area contributed by atoms with Crippen molar-refractivity contribution >= 4 is 17.7 Å². The molecule has 1 N–H and O–H groups in total. The molecule has 0 saturated heterocycles. The zero-order chi connectivity index (χ0) is 13.6. The zero-order valence-corrected chi connectivity index (χ0v) is 12.4. The van der Waals surface area contributed by atoms with Gasteiger partial charge in [0.25, 0.3) is 5.91 Å². The van der Waals surface area contributed by atoms with Crippen LogP contribution in [0, 0.1) is 0 Å². The van der Waals surface area contributed by atoms with Gasteiger partial charge in [-0.25, -0.2) is 0 Å². The van der Waals surface area contributed by atoms with Crippen molar-refractivity contribution in [3.63, 3.8) is 0 Å². The van der Waals surface area contributed by atoms with Crippen molar-refractivity contribution in [2.75, 3.05) is 0 Å². The number of unbranched alkanes of at least 4 members (excludes halogenated alkanes) is 10. The van der Waals surface area contributed by atoms with Crippen LogP contribution >= 0.6 is 11.8 Å². The minimum atomic E-state index is -0.410. The Morgan fingerprint density at radius 1 is 0.889 bits per heavy atom. The van der Waals surface area contributed by atoms with Gasteiger partial charge in [0.1, 0.15) is 0 Å². The molecule has 1 amide bonds. The molecule has 0 aliphatic carbocycles. The third-order valence-electron chi connectivity index (χ3n) is 3.20. The topological polar surface area (TPSA) is 40.5 Å². The average molecular weight is 278 g/mol. The van der Waals surface area contributed by atoms with Gasteiger partial charge in [-0.2, -0.15) is 0 Å². The van der Waals surface area contributed by atoms with Crippen molar-refractivity contribution in [2.45, 2.75) is 84.0 Å². The van der Waals surface area contributed by atoms with E-state index in [2.05, 4.69) is 6.92 Å². The quantitative estimate of drug-likeness (QED) is 0.234. The van der Waals surface area contributed by atoms with E-state index in [-0.39, 0.29) is 4.58 Å². The molecule has 0 heterocycles. The highest BCUT2D eigenvalue weighted by Gasteiger charge is 2.06. The summed E-state index contributed by atoms with van der Waals surface area (Å²) in [6.07, 6.45) is 14.1. The average Bonchev–Trinajstić information content (AvgIpc) is 2.35.